The maximum Gasteiger partial charge on any atom is 0.268 e. The highest BCUT2D eigenvalue weighted by molar-refractivity contribution is 9.10. The highest BCUT2D eigenvalue weighted by atomic mass is 79.9. The molecule has 4 rings (SSSR count). The Morgan fingerprint density at radius 2 is 2.11 bits per heavy atom. The summed E-state index contributed by atoms with van der Waals surface area (Å²) in [6.07, 6.45) is 0.907. The van der Waals surface area contributed by atoms with Gasteiger partial charge >= 0.3 is 0 Å². The maximum absolute atomic E-state index is 12.8. The van der Waals surface area contributed by atoms with Gasteiger partial charge in [0.2, 0.25) is 0 Å². The summed E-state index contributed by atoms with van der Waals surface area (Å²) in [5, 5.41) is 6.04. The van der Waals surface area contributed by atoms with Crippen LogP contribution in [0.2, 0.25) is 0 Å². The predicted octanol–water partition coefficient (Wildman–Crippen LogP) is 4.99. The van der Waals surface area contributed by atoms with Gasteiger partial charge in [0.15, 0.2) is 10.3 Å². The Balaban J connectivity index is 1.60. The molecule has 0 spiro atoms. The van der Waals surface area contributed by atoms with Crippen LogP contribution in [0.15, 0.2) is 56.9 Å². The molecule has 0 bridgehead atoms. The molecule has 3 heterocycles. The van der Waals surface area contributed by atoms with E-state index >= 15 is 0 Å². The highest BCUT2D eigenvalue weighted by Gasteiger charge is 2.19. The van der Waals surface area contributed by atoms with Gasteiger partial charge in [-0.2, -0.15) is 0 Å². The fourth-order valence-corrected chi connectivity index (χ4v) is 4.13. The zero-order chi connectivity index (χ0) is 18.8. The van der Waals surface area contributed by atoms with Crippen LogP contribution >= 0.6 is 27.3 Å². The summed E-state index contributed by atoms with van der Waals surface area (Å²) in [7, 11) is 0. The lowest BCUT2D eigenvalue weighted by molar-refractivity contribution is 0.0942. The number of fused-ring (bicyclic) bond motifs is 1. The predicted molar refractivity (Wildman–Crippen MR) is 110 cm³/mol. The zero-order valence-electron chi connectivity index (χ0n) is 14.7. The van der Waals surface area contributed by atoms with Gasteiger partial charge in [-0.25, -0.2) is 4.98 Å². The van der Waals surface area contributed by atoms with Crippen molar-refractivity contribution in [3.05, 3.63) is 74.5 Å². The number of aryl methyl sites for hydroxylation is 1. The quantitative estimate of drug-likeness (QED) is 0.456. The summed E-state index contributed by atoms with van der Waals surface area (Å²) < 4.78 is 8.29. The number of thiazole rings is 1. The fourth-order valence-electron chi connectivity index (χ4n) is 2.99. The fraction of sp³-hybridized carbons (Fsp3) is 0.200. The molecule has 0 atom stereocenters. The van der Waals surface area contributed by atoms with Crippen molar-refractivity contribution in [2.45, 2.75) is 26.4 Å². The molecular formula is C20H18BrN3O2S. The lowest BCUT2D eigenvalue weighted by Gasteiger charge is -2.10. The number of rotatable bonds is 6. The number of carbonyl (C=O) groups is 1. The number of hydrogen-bond acceptors (Lipinski definition) is 4. The lowest BCUT2D eigenvalue weighted by Crippen LogP contribution is -2.25. The van der Waals surface area contributed by atoms with Gasteiger partial charge < -0.3 is 14.3 Å². The molecule has 0 saturated heterocycles. The van der Waals surface area contributed by atoms with Crippen LogP contribution in [0.3, 0.4) is 0 Å². The summed E-state index contributed by atoms with van der Waals surface area (Å²) in [5.41, 5.74) is 4.15. The Morgan fingerprint density at radius 3 is 2.85 bits per heavy atom. The Hall–Kier alpha value is -2.38. The van der Waals surface area contributed by atoms with E-state index in [2.05, 4.69) is 33.2 Å². The number of nitrogens with one attached hydrogen (secondary N) is 1. The smallest absolute Gasteiger partial charge is 0.268 e. The van der Waals surface area contributed by atoms with Gasteiger partial charge in [-0.05, 0) is 27.9 Å². The second kappa shape index (κ2) is 7.70. The number of benzene rings is 1. The van der Waals surface area contributed by atoms with E-state index in [1.165, 1.54) is 0 Å². The molecule has 4 aromatic rings. The van der Waals surface area contributed by atoms with Crippen LogP contribution in [0.5, 0.6) is 0 Å². The number of furan rings is 1. The Bertz CT molecular complexity index is 1080. The molecule has 0 saturated carbocycles. The van der Waals surface area contributed by atoms with Crippen LogP contribution in [0.1, 0.15) is 33.7 Å². The van der Waals surface area contributed by atoms with E-state index in [9.17, 15) is 4.79 Å². The van der Waals surface area contributed by atoms with Gasteiger partial charge in [0.25, 0.3) is 5.91 Å². The SMILES string of the molecule is CCc1nc(CNC(=O)c2cc3oc(Br)cc3n2Cc2ccccc2)cs1. The summed E-state index contributed by atoms with van der Waals surface area (Å²) in [6.45, 7) is 3.08. The normalized spacial score (nSPS) is 11.2. The van der Waals surface area contributed by atoms with Crippen LogP contribution < -0.4 is 5.32 Å². The average Bonchev–Trinajstić information content (AvgIpc) is 3.36. The number of halogens is 1. The van der Waals surface area contributed by atoms with E-state index in [1.54, 1.807) is 17.4 Å². The first kappa shape index (κ1) is 18.0. The van der Waals surface area contributed by atoms with Gasteiger partial charge in [0.05, 0.1) is 22.8 Å². The third kappa shape index (κ3) is 3.84. The Labute approximate surface area is 169 Å². The molecule has 0 radical (unpaired) electrons. The third-order valence-electron chi connectivity index (χ3n) is 4.31. The molecule has 0 aliphatic rings. The average molecular weight is 444 g/mol. The summed E-state index contributed by atoms with van der Waals surface area (Å²) in [4.78, 5) is 17.3. The number of nitrogens with zero attached hydrogens (tertiary/aromatic N) is 2. The first-order chi connectivity index (χ1) is 13.1. The van der Waals surface area contributed by atoms with Crippen molar-refractivity contribution in [2.75, 3.05) is 0 Å². The summed E-state index contributed by atoms with van der Waals surface area (Å²) >= 11 is 4.99. The summed E-state index contributed by atoms with van der Waals surface area (Å²) in [5.74, 6) is -0.139. The molecular weight excluding hydrogens is 426 g/mol. The van der Waals surface area contributed by atoms with Crippen molar-refractivity contribution in [1.29, 1.82) is 0 Å². The van der Waals surface area contributed by atoms with E-state index in [1.807, 2.05) is 46.3 Å². The molecule has 7 heteroatoms. The molecule has 3 aromatic heterocycles. The van der Waals surface area contributed by atoms with Crippen molar-refractivity contribution in [3.8, 4) is 0 Å². The van der Waals surface area contributed by atoms with E-state index in [0.717, 1.165) is 28.2 Å². The van der Waals surface area contributed by atoms with Gasteiger partial charge in [-0.15, -0.1) is 11.3 Å². The van der Waals surface area contributed by atoms with E-state index in [0.29, 0.717) is 29.0 Å². The molecule has 0 aliphatic heterocycles. The standard InChI is InChI=1S/C20H18BrN3O2S/c1-2-19-23-14(12-27-19)10-22-20(25)16-8-17-15(9-18(21)26-17)24(16)11-13-6-4-3-5-7-13/h3-9,12H,2,10-11H2,1H3,(H,22,25). The van der Waals surface area contributed by atoms with Gasteiger partial charge in [-0.3, -0.25) is 4.79 Å². The largest absolute Gasteiger partial charge is 0.448 e. The molecule has 1 N–H and O–H groups in total. The molecule has 0 unspecified atom stereocenters. The molecule has 0 aliphatic carbocycles. The summed E-state index contributed by atoms with van der Waals surface area (Å²) in [6, 6.07) is 13.7. The van der Waals surface area contributed by atoms with Gasteiger partial charge in [0, 0.05) is 24.1 Å². The molecule has 138 valence electrons. The van der Waals surface area contributed by atoms with Crippen molar-refractivity contribution in [2.24, 2.45) is 0 Å². The zero-order valence-corrected chi connectivity index (χ0v) is 17.1. The Morgan fingerprint density at radius 1 is 1.30 bits per heavy atom. The van der Waals surface area contributed by atoms with Gasteiger partial charge in [-0.1, -0.05) is 37.3 Å². The van der Waals surface area contributed by atoms with Crippen molar-refractivity contribution >= 4 is 44.3 Å². The van der Waals surface area contributed by atoms with Gasteiger partial charge in [0.1, 0.15) is 5.69 Å². The van der Waals surface area contributed by atoms with E-state index in [4.69, 9.17) is 4.42 Å². The minimum Gasteiger partial charge on any atom is -0.448 e. The monoisotopic (exact) mass is 443 g/mol. The van der Waals surface area contributed by atoms with Crippen LogP contribution in [-0.4, -0.2) is 15.5 Å². The molecule has 1 aromatic carbocycles. The van der Waals surface area contributed by atoms with Crippen LogP contribution in [0.25, 0.3) is 11.1 Å². The van der Waals surface area contributed by atoms with Crippen molar-refractivity contribution in [3.63, 3.8) is 0 Å². The minimum atomic E-state index is -0.139. The number of aromatic nitrogens is 2. The molecule has 5 nitrogen and oxygen atoms in total. The maximum atomic E-state index is 12.8. The number of carbonyl (C=O) groups excluding carboxylic acids is 1. The number of amides is 1. The molecule has 0 fully saturated rings. The highest BCUT2D eigenvalue weighted by Crippen LogP contribution is 2.28. The first-order valence-corrected chi connectivity index (χ1v) is 10.3. The van der Waals surface area contributed by atoms with E-state index < -0.39 is 0 Å². The minimum absolute atomic E-state index is 0.139. The topological polar surface area (TPSA) is 60.1 Å². The van der Waals surface area contributed by atoms with Crippen molar-refractivity contribution < 1.29 is 9.21 Å². The first-order valence-electron chi connectivity index (χ1n) is 8.68. The van der Waals surface area contributed by atoms with E-state index in [-0.39, 0.29) is 5.91 Å². The number of hydrogen-bond donors (Lipinski definition) is 1. The molecule has 27 heavy (non-hydrogen) atoms. The third-order valence-corrected chi connectivity index (χ3v) is 5.74. The second-order valence-corrected chi connectivity index (χ2v) is 7.89. The van der Waals surface area contributed by atoms with Crippen LogP contribution in [0, 0.1) is 0 Å². The lowest BCUT2D eigenvalue weighted by atomic mass is 10.2. The van der Waals surface area contributed by atoms with Crippen LogP contribution in [-0.2, 0) is 19.5 Å². The Kier molecular flexibility index (Phi) is 5.13. The van der Waals surface area contributed by atoms with Crippen LogP contribution in [0.4, 0.5) is 0 Å². The molecule has 1 amide bonds. The second-order valence-electron chi connectivity index (χ2n) is 6.17. The van der Waals surface area contributed by atoms with Crippen molar-refractivity contribution in [1.82, 2.24) is 14.9 Å².